The smallest absolute Gasteiger partial charge is 0.342 e. The standard InChI is InChI=1S/C13H14O6/c1-7(14)6-8-4-5-9(15)11(13(17)19-3)10(8)12(16)18-2/h4-5,15H,6H2,1-3H3. The highest BCUT2D eigenvalue weighted by Crippen LogP contribution is 2.26. The molecule has 0 saturated carbocycles. The molecule has 0 unspecified atom stereocenters. The molecule has 1 aromatic carbocycles. The maximum absolute atomic E-state index is 11.8. The molecule has 0 aliphatic rings. The van der Waals surface area contributed by atoms with Crippen molar-refractivity contribution in [2.75, 3.05) is 14.2 Å². The van der Waals surface area contributed by atoms with Gasteiger partial charge in [0, 0.05) is 6.42 Å². The van der Waals surface area contributed by atoms with Gasteiger partial charge < -0.3 is 14.6 Å². The topological polar surface area (TPSA) is 89.9 Å². The number of ketones is 1. The monoisotopic (exact) mass is 266 g/mol. The summed E-state index contributed by atoms with van der Waals surface area (Å²) in [5, 5.41) is 9.70. The van der Waals surface area contributed by atoms with Crippen LogP contribution in [0.3, 0.4) is 0 Å². The highest BCUT2D eigenvalue weighted by Gasteiger charge is 2.26. The van der Waals surface area contributed by atoms with E-state index in [2.05, 4.69) is 9.47 Å². The van der Waals surface area contributed by atoms with Crippen LogP contribution in [0, 0.1) is 0 Å². The van der Waals surface area contributed by atoms with Gasteiger partial charge >= 0.3 is 11.9 Å². The van der Waals surface area contributed by atoms with Gasteiger partial charge in [0.2, 0.25) is 0 Å². The second-order valence-corrected chi connectivity index (χ2v) is 3.86. The van der Waals surface area contributed by atoms with E-state index in [9.17, 15) is 19.5 Å². The Morgan fingerprint density at radius 2 is 1.58 bits per heavy atom. The van der Waals surface area contributed by atoms with Gasteiger partial charge in [0.05, 0.1) is 19.8 Å². The first-order chi connectivity index (χ1) is 8.92. The van der Waals surface area contributed by atoms with Crippen LogP contribution in [0.4, 0.5) is 0 Å². The van der Waals surface area contributed by atoms with E-state index in [1.165, 1.54) is 19.1 Å². The van der Waals surface area contributed by atoms with Gasteiger partial charge in [-0.1, -0.05) is 6.07 Å². The molecule has 1 aromatic rings. The van der Waals surface area contributed by atoms with Gasteiger partial charge in [-0.3, -0.25) is 4.79 Å². The SMILES string of the molecule is COC(=O)c1c(O)ccc(CC(C)=O)c1C(=O)OC. The molecule has 0 amide bonds. The van der Waals surface area contributed by atoms with Gasteiger partial charge in [0.1, 0.15) is 17.1 Å². The summed E-state index contributed by atoms with van der Waals surface area (Å²) in [4.78, 5) is 34.6. The van der Waals surface area contributed by atoms with Crippen molar-refractivity contribution in [3.05, 3.63) is 28.8 Å². The average Bonchev–Trinajstić information content (AvgIpc) is 2.38. The van der Waals surface area contributed by atoms with E-state index in [1.54, 1.807) is 0 Å². The van der Waals surface area contributed by atoms with Gasteiger partial charge in [0.15, 0.2) is 0 Å². The zero-order valence-corrected chi connectivity index (χ0v) is 10.9. The molecule has 0 aliphatic carbocycles. The Morgan fingerprint density at radius 1 is 1.05 bits per heavy atom. The number of hydrogen-bond acceptors (Lipinski definition) is 6. The first-order valence-corrected chi connectivity index (χ1v) is 5.43. The van der Waals surface area contributed by atoms with Crippen LogP contribution in [-0.4, -0.2) is 37.0 Å². The number of carbonyl (C=O) groups excluding carboxylic acids is 3. The normalized spacial score (nSPS) is 9.84. The van der Waals surface area contributed by atoms with E-state index < -0.39 is 17.7 Å². The lowest BCUT2D eigenvalue weighted by Gasteiger charge is -2.12. The molecule has 0 heterocycles. The Kier molecular flexibility index (Phi) is 4.63. The average molecular weight is 266 g/mol. The van der Waals surface area contributed by atoms with Crippen LogP contribution in [0.25, 0.3) is 0 Å². The quantitative estimate of drug-likeness (QED) is 0.821. The predicted octanol–water partition coefficient (Wildman–Crippen LogP) is 1.10. The summed E-state index contributed by atoms with van der Waals surface area (Å²) in [6, 6.07) is 2.63. The molecule has 0 saturated heterocycles. The van der Waals surface area contributed by atoms with Crippen LogP contribution in [-0.2, 0) is 20.7 Å². The summed E-state index contributed by atoms with van der Waals surface area (Å²) in [6.45, 7) is 1.35. The number of rotatable bonds is 4. The number of ether oxygens (including phenoxy) is 2. The minimum absolute atomic E-state index is 0.0469. The summed E-state index contributed by atoms with van der Waals surface area (Å²) < 4.78 is 9.10. The molecule has 1 rings (SSSR count). The van der Waals surface area contributed by atoms with Crippen LogP contribution < -0.4 is 0 Å². The fourth-order valence-corrected chi connectivity index (χ4v) is 1.69. The lowest BCUT2D eigenvalue weighted by atomic mass is 9.96. The molecule has 0 atom stereocenters. The summed E-state index contributed by atoms with van der Waals surface area (Å²) in [7, 11) is 2.27. The van der Waals surface area contributed by atoms with Crippen molar-refractivity contribution in [2.45, 2.75) is 13.3 Å². The third-order valence-electron chi connectivity index (χ3n) is 2.49. The molecule has 102 valence electrons. The number of Topliss-reactive ketones (excluding diaryl/α,β-unsaturated/α-hetero) is 1. The van der Waals surface area contributed by atoms with Gasteiger partial charge in [-0.05, 0) is 18.6 Å². The maximum atomic E-state index is 11.8. The Labute approximate surface area is 109 Å². The molecule has 6 nitrogen and oxygen atoms in total. The fraction of sp³-hybridized carbons (Fsp3) is 0.308. The Hall–Kier alpha value is -2.37. The number of benzene rings is 1. The van der Waals surface area contributed by atoms with Crippen LogP contribution >= 0.6 is 0 Å². The lowest BCUT2D eigenvalue weighted by Crippen LogP contribution is -2.16. The number of carbonyl (C=O) groups is 3. The van der Waals surface area contributed by atoms with E-state index in [4.69, 9.17) is 0 Å². The molecule has 1 N–H and O–H groups in total. The van der Waals surface area contributed by atoms with E-state index in [-0.39, 0.29) is 23.3 Å². The number of phenolic OH excluding ortho intramolecular Hbond substituents is 1. The molecule has 0 radical (unpaired) electrons. The van der Waals surface area contributed by atoms with Crippen molar-refractivity contribution in [1.29, 1.82) is 0 Å². The first kappa shape index (κ1) is 14.7. The fourth-order valence-electron chi connectivity index (χ4n) is 1.69. The summed E-state index contributed by atoms with van der Waals surface area (Å²) >= 11 is 0. The second-order valence-electron chi connectivity index (χ2n) is 3.86. The molecule has 0 aliphatic heterocycles. The third kappa shape index (κ3) is 3.09. The molecule has 0 spiro atoms. The number of hydrogen-bond donors (Lipinski definition) is 1. The Bertz CT molecular complexity index is 532. The highest BCUT2D eigenvalue weighted by atomic mass is 16.5. The van der Waals surface area contributed by atoms with Crippen molar-refractivity contribution in [3.63, 3.8) is 0 Å². The minimum atomic E-state index is -0.872. The zero-order valence-electron chi connectivity index (χ0n) is 10.9. The molecular formula is C13H14O6. The van der Waals surface area contributed by atoms with E-state index >= 15 is 0 Å². The van der Waals surface area contributed by atoms with Crippen LogP contribution in [0.1, 0.15) is 33.2 Å². The van der Waals surface area contributed by atoms with Crippen molar-refractivity contribution < 1.29 is 29.0 Å². The van der Waals surface area contributed by atoms with Gasteiger partial charge in [0.25, 0.3) is 0 Å². The minimum Gasteiger partial charge on any atom is -0.507 e. The summed E-state index contributed by atoms with van der Waals surface area (Å²) in [6.07, 6.45) is -0.0469. The third-order valence-corrected chi connectivity index (χ3v) is 2.49. The van der Waals surface area contributed by atoms with Crippen molar-refractivity contribution in [2.24, 2.45) is 0 Å². The van der Waals surface area contributed by atoms with Crippen molar-refractivity contribution in [1.82, 2.24) is 0 Å². The predicted molar refractivity (Wildman–Crippen MR) is 65.2 cm³/mol. The largest absolute Gasteiger partial charge is 0.507 e. The molecule has 6 heteroatoms. The van der Waals surface area contributed by atoms with E-state index in [0.717, 1.165) is 14.2 Å². The summed E-state index contributed by atoms with van der Waals surface area (Å²) in [5.41, 5.74) is -0.143. The molecule has 0 aromatic heterocycles. The van der Waals surface area contributed by atoms with Crippen LogP contribution in [0.2, 0.25) is 0 Å². The van der Waals surface area contributed by atoms with Gasteiger partial charge in [-0.25, -0.2) is 9.59 Å². The van der Waals surface area contributed by atoms with Crippen LogP contribution in [0.5, 0.6) is 5.75 Å². The number of aromatic hydroxyl groups is 1. The summed E-state index contributed by atoms with van der Waals surface area (Å²) in [5.74, 6) is -2.28. The van der Waals surface area contributed by atoms with Gasteiger partial charge in [-0.2, -0.15) is 0 Å². The Balaban J connectivity index is 3.54. The van der Waals surface area contributed by atoms with Crippen molar-refractivity contribution in [3.8, 4) is 5.75 Å². The van der Waals surface area contributed by atoms with E-state index in [1.807, 2.05) is 0 Å². The van der Waals surface area contributed by atoms with Crippen LogP contribution in [0.15, 0.2) is 12.1 Å². The number of methoxy groups -OCH3 is 2. The highest BCUT2D eigenvalue weighted by molar-refractivity contribution is 6.06. The Morgan fingerprint density at radius 3 is 2.05 bits per heavy atom. The zero-order chi connectivity index (χ0) is 14.6. The second kappa shape index (κ2) is 5.99. The molecular weight excluding hydrogens is 252 g/mol. The van der Waals surface area contributed by atoms with Crippen molar-refractivity contribution >= 4 is 17.7 Å². The number of esters is 2. The first-order valence-electron chi connectivity index (χ1n) is 5.43. The van der Waals surface area contributed by atoms with E-state index in [0.29, 0.717) is 5.56 Å². The molecule has 0 fully saturated rings. The van der Waals surface area contributed by atoms with Gasteiger partial charge in [-0.15, -0.1) is 0 Å². The maximum Gasteiger partial charge on any atom is 0.342 e. The number of phenols is 1. The lowest BCUT2D eigenvalue weighted by molar-refractivity contribution is -0.116. The molecule has 19 heavy (non-hydrogen) atoms. The molecule has 0 bridgehead atoms.